The average Bonchev–Trinajstić information content (AvgIpc) is 3.40. The molecule has 0 aromatic carbocycles. The molecule has 0 saturated heterocycles. The van der Waals surface area contributed by atoms with Crippen LogP contribution in [0.25, 0.3) is 0 Å². The van der Waals surface area contributed by atoms with Crippen LogP contribution in [0.3, 0.4) is 0 Å². The second kappa shape index (κ2) is 61.9. The van der Waals surface area contributed by atoms with E-state index in [0.717, 1.165) is 0 Å². The summed E-state index contributed by atoms with van der Waals surface area (Å²) in [6.45, 7) is 0.399. The molecule has 30 nitrogen and oxygen atoms in total. The van der Waals surface area contributed by atoms with Crippen molar-refractivity contribution in [1.29, 1.82) is 0 Å². The molecule has 0 amide bonds. The van der Waals surface area contributed by atoms with Crippen molar-refractivity contribution in [1.82, 2.24) is 0 Å². The summed E-state index contributed by atoms with van der Waals surface area (Å²) in [5, 5.41) is 140. The smallest absolute Gasteiger partial charge is 0.105 e. The monoisotopic (exact) mass is 1950 g/mol. The Morgan fingerprint density at radius 3 is 0.617 bits per heavy atom. The minimum absolute atomic E-state index is 0. The van der Waals surface area contributed by atoms with Crippen LogP contribution in [-0.2, 0) is 71.1 Å². The summed E-state index contributed by atoms with van der Waals surface area (Å²) in [7, 11) is 18.8. The molecule has 0 bridgehead atoms. The zero-order valence-electron chi connectivity index (χ0n) is 46.9. The Hall–Kier alpha value is -4.20. The number of aliphatic hydroxyl groups is 15. The molecule has 33 heteroatoms. The van der Waals surface area contributed by atoms with E-state index in [9.17, 15) is 46.0 Å². The normalized spacial score (nSPS) is 19.4. The van der Waals surface area contributed by atoms with E-state index in [1.54, 1.807) is 0 Å². The van der Waals surface area contributed by atoms with Gasteiger partial charge in [-0.25, -0.2) is 42.7 Å². The molecule has 0 heterocycles. The third-order valence-electron chi connectivity index (χ3n) is 9.71. The fraction of sp³-hybridized carbons (Fsp3) is 0.875. The van der Waals surface area contributed by atoms with E-state index in [2.05, 4.69) is 71.1 Å². The van der Waals surface area contributed by atoms with E-state index in [-0.39, 0.29) is 159 Å². The maximum atomic E-state index is 9.99. The van der Waals surface area contributed by atoms with E-state index < -0.39 is 91.6 Å². The molecule has 1 rings (SSSR count). The van der Waals surface area contributed by atoms with Crippen molar-refractivity contribution in [2.75, 3.05) is 159 Å². The van der Waals surface area contributed by atoms with Crippen LogP contribution in [0.2, 0.25) is 0 Å². The van der Waals surface area contributed by atoms with Gasteiger partial charge in [-0.2, -0.15) is 0 Å². The average molecular weight is 1950 g/mol. The number of aliphatic hydroxyl groups excluding tert-OH is 15. The van der Waals surface area contributed by atoms with Gasteiger partial charge in [0.2, 0.25) is 0 Å². The molecule has 0 aromatic heterocycles. The largest absolute Gasteiger partial charge is 0.553 e. The summed E-state index contributed by atoms with van der Waals surface area (Å²) >= 11 is 0. The van der Waals surface area contributed by atoms with Gasteiger partial charge < -0.3 is 148 Å². The number of hydrogen-bond donors (Lipinski definition) is 15. The Morgan fingerprint density at radius 1 is 0.259 bits per heavy atom. The second-order valence-corrected chi connectivity index (χ2v) is 17.1. The van der Waals surface area contributed by atoms with Crippen LogP contribution < -0.4 is 0 Å². The Kier molecular flexibility index (Phi) is 67.2. The van der Waals surface area contributed by atoms with Crippen molar-refractivity contribution < 1.29 is 148 Å². The summed E-state index contributed by atoms with van der Waals surface area (Å²) < 4.78 is 73.8. The third kappa shape index (κ3) is 56.1. The first kappa shape index (κ1) is 88.0. The predicted molar refractivity (Wildman–Crippen MR) is 269 cm³/mol. The van der Waals surface area contributed by atoms with Gasteiger partial charge in [-0.1, -0.05) is 0 Å². The maximum Gasteiger partial charge on any atom is 0.105 e. The van der Waals surface area contributed by atoms with E-state index in [4.69, 9.17) is 73.3 Å². The van der Waals surface area contributed by atoms with Gasteiger partial charge in [-0.15, -0.1) is 0 Å². The van der Waals surface area contributed by atoms with Gasteiger partial charge in [0.15, 0.2) is 0 Å². The minimum atomic E-state index is -1.19. The summed E-state index contributed by atoms with van der Waals surface area (Å²) in [4.78, 5) is 0. The third-order valence-corrected chi connectivity index (χ3v) is 9.71. The van der Waals surface area contributed by atoms with Crippen molar-refractivity contribution in [3.8, 4) is 0 Å². The molecule has 1 fully saturated rings. The van der Waals surface area contributed by atoms with Crippen LogP contribution >= 0.6 is 0 Å². The van der Waals surface area contributed by atoms with Crippen LogP contribution in [0.1, 0.15) is 19.3 Å². The molecule has 12 atom stereocenters. The van der Waals surface area contributed by atoms with Crippen LogP contribution in [-0.4, -0.2) is 327 Å². The van der Waals surface area contributed by atoms with Crippen LogP contribution in [0.4, 0.5) is 0 Å². The summed E-state index contributed by atoms with van der Waals surface area (Å²) in [6.07, 6.45) is -11.6. The van der Waals surface area contributed by atoms with Gasteiger partial charge in [-0.05, 0) is 19.3 Å². The second-order valence-electron chi connectivity index (χ2n) is 17.1. The van der Waals surface area contributed by atoms with E-state index in [0.29, 0.717) is 19.3 Å². The molecular weight excluding hydrogens is 1860 g/mol. The SMILES string of the molecule is [CH2-]OCC(O)C(O)COC1CC(OCC(O)C(O)CO[CH2-])CC(OCC(O)C(O)CO[CH2-])C1.[CH2-]OCC(O)COCC(O)COCCO.[CH2-]OCC(O)COCC(O)COCCO.[CH2-]OCC(O)COCC(O)COCCO.[Rf].[Rf].[Rf]. The fourth-order valence-electron chi connectivity index (χ4n) is 5.88. The van der Waals surface area contributed by atoms with Crippen LogP contribution in [0.15, 0.2) is 0 Å². The molecule has 81 heavy (non-hydrogen) atoms. The Labute approximate surface area is 459 Å². The Bertz CT molecular complexity index is 1070. The van der Waals surface area contributed by atoms with Crippen molar-refractivity contribution in [3.63, 3.8) is 0 Å². The number of rotatable bonds is 48. The van der Waals surface area contributed by atoms with Crippen molar-refractivity contribution in [2.45, 2.75) is 111 Å². The first-order valence-electron chi connectivity index (χ1n) is 24.8. The minimum Gasteiger partial charge on any atom is -0.553 e. The number of ether oxygens (including phenoxy) is 15. The first-order valence-corrected chi connectivity index (χ1v) is 24.8. The molecule has 0 spiro atoms. The molecule has 0 aromatic rings. The van der Waals surface area contributed by atoms with Gasteiger partial charge in [0.05, 0.1) is 156 Å². The molecule has 15 N–H and O–H groups in total. The van der Waals surface area contributed by atoms with E-state index >= 15 is 0 Å². The van der Waals surface area contributed by atoms with Crippen molar-refractivity contribution in [2.24, 2.45) is 0 Å². The molecule has 1 aliphatic carbocycles. The Balaban J connectivity index is -0.000000248. The zero-order chi connectivity index (χ0) is 59.4. The van der Waals surface area contributed by atoms with Gasteiger partial charge in [0.25, 0.3) is 0 Å². The van der Waals surface area contributed by atoms with Crippen LogP contribution in [0.5, 0.6) is 0 Å². The fourth-order valence-corrected chi connectivity index (χ4v) is 5.88. The molecule has 1 saturated carbocycles. The predicted octanol–water partition coefficient (Wildman–Crippen LogP) is -6.46. The zero-order valence-corrected chi connectivity index (χ0v) is 66.1. The standard InChI is InChI=1S/C21H39O12.3C9H19O6.3Rf/c1-28-7-16(22)19(25)10-31-13-4-14(32-11-20(26)17(23)8-29-2)6-15(5-13)33-12-21(27)18(24)9-30-3;3*1-13-4-8(11)6-15-7-9(12)5-14-3-2-10;;;/h13-27H,1-12H2;3*8-12H,1-7H2;;;/q-3;3*-1;;;. The van der Waals surface area contributed by atoms with Gasteiger partial charge >= 0.3 is 0 Å². The van der Waals surface area contributed by atoms with Crippen LogP contribution in [0, 0.1) is 42.7 Å². The first-order chi connectivity index (χ1) is 37.3. The van der Waals surface area contributed by atoms with Crippen molar-refractivity contribution >= 4 is 0 Å². The summed E-state index contributed by atoms with van der Waals surface area (Å²) in [6, 6.07) is 0. The number of hydrogen-bond acceptors (Lipinski definition) is 30. The quantitative estimate of drug-likeness (QED) is 0.0199. The van der Waals surface area contributed by atoms with Crippen molar-refractivity contribution in [3.05, 3.63) is 42.7 Å². The van der Waals surface area contributed by atoms with E-state index in [1.165, 1.54) is 0 Å². The summed E-state index contributed by atoms with van der Waals surface area (Å²) in [5.41, 5.74) is 0. The molecule has 1 aliphatic rings. The van der Waals surface area contributed by atoms with Gasteiger partial charge in [0, 0.05) is 39.6 Å². The molecule has 0 aliphatic heterocycles. The molecule has 480 valence electrons. The Morgan fingerprint density at radius 2 is 0.432 bits per heavy atom. The molecular formula is C48H96O30Rf3-6. The van der Waals surface area contributed by atoms with Gasteiger partial charge in [-0.3, -0.25) is 0 Å². The topological polar surface area (TPSA) is 442 Å². The molecule has 0 radical (unpaired) electrons. The maximum absolute atomic E-state index is 9.99. The van der Waals surface area contributed by atoms with Gasteiger partial charge in [0.1, 0.15) is 54.9 Å². The molecule has 12 unspecified atom stereocenters. The summed E-state index contributed by atoms with van der Waals surface area (Å²) in [5.74, 6) is 0. The van der Waals surface area contributed by atoms with E-state index in [1.807, 2.05) is 0 Å².